The van der Waals surface area contributed by atoms with Gasteiger partial charge in [0.2, 0.25) is 0 Å². The van der Waals surface area contributed by atoms with Crippen molar-refractivity contribution >= 4 is 49.8 Å². The molecule has 2 nitrogen and oxygen atoms in total. The van der Waals surface area contributed by atoms with Crippen molar-refractivity contribution in [1.29, 1.82) is 0 Å². The number of rotatable bonds is 1. The monoisotopic (exact) mass is 360 g/mol. The molecule has 0 aliphatic carbocycles. The van der Waals surface area contributed by atoms with E-state index >= 15 is 0 Å². The lowest BCUT2D eigenvalue weighted by atomic mass is 10.2. The van der Waals surface area contributed by atoms with Crippen LogP contribution in [0.2, 0.25) is 5.15 Å². The molecule has 19 heavy (non-hydrogen) atoms. The number of hydrogen-bond acceptors (Lipinski definition) is 3. The summed E-state index contributed by atoms with van der Waals surface area (Å²) in [5.41, 5.74) is 1.04. The van der Waals surface area contributed by atoms with Gasteiger partial charge in [-0.3, -0.25) is 0 Å². The van der Waals surface area contributed by atoms with Crippen LogP contribution in [0.3, 0.4) is 0 Å². The Labute approximate surface area is 124 Å². The molecule has 2 heterocycles. The number of halogens is 4. The summed E-state index contributed by atoms with van der Waals surface area (Å²) >= 11 is 10.8. The highest BCUT2D eigenvalue weighted by atomic mass is 79.9. The standard InChI is InChI=1S/C12H4BrClF2N2S/c13-10-1-5(4-19-10)12-17-9-3-8(16)7(15)2-6(9)11(14)18-12/h1-4H. The molecule has 0 radical (unpaired) electrons. The Morgan fingerprint density at radius 1 is 1.11 bits per heavy atom. The minimum atomic E-state index is -0.968. The summed E-state index contributed by atoms with van der Waals surface area (Å²) in [5, 5.41) is 2.24. The Bertz CT molecular complexity index is 791. The van der Waals surface area contributed by atoms with Crippen molar-refractivity contribution in [1.82, 2.24) is 9.97 Å². The Morgan fingerprint density at radius 2 is 1.84 bits per heavy atom. The van der Waals surface area contributed by atoms with Gasteiger partial charge < -0.3 is 0 Å². The van der Waals surface area contributed by atoms with E-state index in [2.05, 4.69) is 25.9 Å². The van der Waals surface area contributed by atoms with Crippen molar-refractivity contribution in [2.75, 3.05) is 0 Å². The molecule has 0 spiro atoms. The van der Waals surface area contributed by atoms with Gasteiger partial charge in [0.1, 0.15) is 5.15 Å². The first-order valence-corrected chi connectivity index (χ1v) is 7.16. The summed E-state index contributed by atoms with van der Waals surface area (Å²) < 4.78 is 27.3. The minimum Gasteiger partial charge on any atom is -0.228 e. The zero-order chi connectivity index (χ0) is 13.6. The average Bonchev–Trinajstić information content (AvgIpc) is 2.78. The Balaban J connectivity index is 2.27. The second-order valence-corrected chi connectivity index (χ2v) is 6.41. The third kappa shape index (κ3) is 2.35. The molecule has 3 aromatic rings. The van der Waals surface area contributed by atoms with Gasteiger partial charge in [-0.15, -0.1) is 11.3 Å². The van der Waals surface area contributed by atoms with Crippen molar-refractivity contribution < 1.29 is 8.78 Å². The fraction of sp³-hybridized carbons (Fsp3) is 0. The summed E-state index contributed by atoms with van der Waals surface area (Å²) in [6.45, 7) is 0. The highest BCUT2D eigenvalue weighted by Gasteiger charge is 2.12. The number of nitrogens with zero attached hydrogens (tertiary/aromatic N) is 2. The molecule has 0 N–H and O–H groups in total. The highest BCUT2D eigenvalue weighted by Crippen LogP contribution is 2.30. The largest absolute Gasteiger partial charge is 0.228 e. The Morgan fingerprint density at radius 3 is 2.53 bits per heavy atom. The lowest BCUT2D eigenvalue weighted by Crippen LogP contribution is -1.93. The van der Waals surface area contributed by atoms with E-state index in [1.807, 2.05) is 11.4 Å². The van der Waals surface area contributed by atoms with Crippen LogP contribution >= 0.6 is 38.9 Å². The molecular weight excluding hydrogens is 358 g/mol. The number of fused-ring (bicyclic) bond motifs is 1. The molecule has 96 valence electrons. The lowest BCUT2D eigenvalue weighted by Gasteiger charge is -2.03. The molecule has 2 aromatic heterocycles. The first-order chi connectivity index (χ1) is 9.04. The average molecular weight is 362 g/mol. The molecule has 0 saturated heterocycles. The normalized spacial score (nSPS) is 11.2. The van der Waals surface area contributed by atoms with Crippen molar-refractivity contribution in [3.8, 4) is 11.4 Å². The van der Waals surface area contributed by atoms with Crippen LogP contribution in [0.15, 0.2) is 27.4 Å². The molecule has 0 unspecified atom stereocenters. The van der Waals surface area contributed by atoms with E-state index < -0.39 is 11.6 Å². The molecule has 0 atom stereocenters. The van der Waals surface area contributed by atoms with E-state index in [0.717, 1.165) is 21.5 Å². The first kappa shape index (κ1) is 12.9. The van der Waals surface area contributed by atoms with Crippen molar-refractivity contribution in [2.24, 2.45) is 0 Å². The summed E-state index contributed by atoms with van der Waals surface area (Å²) in [6.07, 6.45) is 0. The van der Waals surface area contributed by atoms with Crippen LogP contribution in [-0.2, 0) is 0 Å². The fourth-order valence-corrected chi connectivity index (χ4v) is 3.01. The molecular formula is C12H4BrClF2N2S. The van der Waals surface area contributed by atoms with E-state index in [-0.39, 0.29) is 10.7 Å². The van der Waals surface area contributed by atoms with Gasteiger partial charge in [-0.25, -0.2) is 18.7 Å². The minimum absolute atomic E-state index is 0.0984. The SMILES string of the molecule is Fc1cc2nc(-c3csc(Br)c3)nc(Cl)c2cc1F. The molecule has 3 rings (SSSR count). The lowest BCUT2D eigenvalue weighted by molar-refractivity contribution is 0.510. The highest BCUT2D eigenvalue weighted by molar-refractivity contribution is 9.11. The number of thiophene rings is 1. The van der Waals surface area contributed by atoms with Gasteiger partial charge in [-0.2, -0.15) is 0 Å². The van der Waals surface area contributed by atoms with Crippen LogP contribution in [0, 0.1) is 11.6 Å². The van der Waals surface area contributed by atoms with Gasteiger partial charge in [-0.1, -0.05) is 11.6 Å². The van der Waals surface area contributed by atoms with Crippen molar-refractivity contribution in [3.63, 3.8) is 0 Å². The van der Waals surface area contributed by atoms with Crippen LogP contribution < -0.4 is 0 Å². The first-order valence-electron chi connectivity index (χ1n) is 5.11. The molecule has 0 aliphatic heterocycles. The maximum absolute atomic E-state index is 13.2. The molecule has 0 saturated carbocycles. The third-order valence-electron chi connectivity index (χ3n) is 2.52. The summed E-state index contributed by atoms with van der Waals surface area (Å²) in [4.78, 5) is 8.31. The molecule has 0 fully saturated rings. The Hall–Kier alpha value is -1.11. The molecule has 1 aromatic carbocycles. The molecule has 0 bridgehead atoms. The van der Waals surface area contributed by atoms with E-state index in [0.29, 0.717) is 11.2 Å². The third-order valence-corrected chi connectivity index (χ3v) is 4.31. The maximum atomic E-state index is 13.2. The fourth-order valence-electron chi connectivity index (χ4n) is 1.64. The van der Waals surface area contributed by atoms with Crippen molar-refractivity contribution in [2.45, 2.75) is 0 Å². The van der Waals surface area contributed by atoms with E-state index in [1.54, 1.807) is 0 Å². The smallest absolute Gasteiger partial charge is 0.162 e. The van der Waals surface area contributed by atoms with Crippen LogP contribution in [-0.4, -0.2) is 9.97 Å². The second-order valence-electron chi connectivity index (χ2n) is 3.76. The molecule has 0 amide bonds. The second kappa shape index (κ2) is 4.77. The van der Waals surface area contributed by atoms with Gasteiger partial charge in [0.25, 0.3) is 0 Å². The van der Waals surface area contributed by atoms with Gasteiger partial charge in [-0.05, 0) is 28.1 Å². The maximum Gasteiger partial charge on any atom is 0.162 e. The number of aromatic nitrogens is 2. The van der Waals surface area contributed by atoms with Gasteiger partial charge >= 0.3 is 0 Å². The topological polar surface area (TPSA) is 25.8 Å². The predicted molar refractivity (Wildman–Crippen MR) is 75.5 cm³/mol. The summed E-state index contributed by atoms with van der Waals surface area (Å²) in [5.74, 6) is -1.55. The van der Waals surface area contributed by atoms with Crippen LogP contribution in [0.1, 0.15) is 0 Å². The van der Waals surface area contributed by atoms with E-state index in [4.69, 9.17) is 11.6 Å². The van der Waals surface area contributed by atoms with Gasteiger partial charge in [0.15, 0.2) is 17.5 Å². The molecule has 0 aliphatic rings. The quantitative estimate of drug-likeness (QED) is 0.567. The summed E-state index contributed by atoms with van der Waals surface area (Å²) in [7, 11) is 0. The summed E-state index contributed by atoms with van der Waals surface area (Å²) in [6, 6.07) is 3.85. The van der Waals surface area contributed by atoms with Crippen LogP contribution in [0.5, 0.6) is 0 Å². The number of hydrogen-bond donors (Lipinski definition) is 0. The van der Waals surface area contributed by atoms with E-state index in [9.17, 15) is 8.78 Å². The van der Waals surface area contributed by atoms with E-state index in [1.165, 1.54) is 11.3 Å². The Kier molecular flexibility index (Phi) is 3.24. The van der Waals surface area contributed by atoms with Crippen LogP contribution in [0.4, 0.5) is 8.78 Å². The van der Waals surface area contributed by atoms with Crippen LogP contribution in [0.25, 0.3) is 22.3 Å². The number of benzene rings is 1. The zero-order valence-corrected chi connectivity index (χ0v) is 12.3. The zero-order valence-electron chi connectivity index (χ0n) is 9.12. The predicted octanol–water partition coefficient (Wildman–Crippen LogP) is 5.05. The van der Waals surface area contributed by atoms with Gasteiger partial charge in [0.05, 0.1) is 9.30 Å². The van der Waals surface area contributed by atoms with Gasteiger partial charge in [0, 0.05) is 22.4 Å². The van der Waals surface area contributed by atoms with Crippen molar-refractivity contribution in [3.05, 3.63) is 44.2 Å². The molecule has 7 heteroatoms.